The number of likely N-dealkylation sites (N-methyl/N-ethyl adjacent to an activating group) is 1. The average molecular weight is 354 g/mol. The van der Waals surface area contributed by atoms with E-state index in [0.717, 1.165) is 46.4 Å². The number of quaternary nitrogens is 1. The van der Waals surface area contributed by atoms with Crippen molar-refractivity contribution in [3.63, 3.8) is 0 Å². The number of nitrogens with one attached hydrogen (secondary N) is 1. The van der Waals surface area contributed by atoms with Crippen molar-refractivity contribution in [3.05, 3.63) is 38.3 Å². The maximum absolute atomic E-state index is 12.7. The Morgan fingerprint density at radius 3 is 2.80 bits per heavy atom. The Morgan fingerprint density at radius 2 is 2.10 bits per heavy atom. The van der Waals surface area contributed by atoms with E-state index in [1.54, 1.807) is 16.2 Å². The SMILES string of the molecule is CC[NH+]1CCN(c2csc3ccc(Br)cc3c2=O)CC1. The minimum absolute atomic E-state index is 0.167. The molecule has 3 nitrogen and oxygen atoms in total. The summed E-state index contributed by atoms with van der Waals surface area (Å²) >= 11 is 5.11. The smallest absolute Gasteiger partial charge is 0.211 e. The molecule has 5 heteroatoms. The minimum Gasteiger partial charge on any atom is -0.356 e. The molecule has 2 heterocycles. The number of hydrogen-bond donors (Lipinski definition) is 1. The molecule has 0 aliphatic carbocycles. The Bertz CT molecular complexity index is 677. The number of anilines is 1. The molecule has 106 valence electrons. The molecule has 2 aromatic rings. The average Bonchev–Trinajstić information content (AvgIpc) is 2.48. The van der Waals surface area contributed by atoms with Crippen LogP contribution in [0.1, 0.15) is 6.92 Å². The standard InChI is InChI=1S/C15H17BrN2OS/c1-2-17-5-7-18(8-6-17)13-10-20-14-4-3-11(16)9-12(14)15(13)19/h3-4,9-10H,2,5-8H2,1H3/p+1. The van der Waals surface area contributed by atoms with Crippen LogP contribution in [0.2, 0.25) is 0 Å². The molecule has 0 bridgehead atoms. The second-order valence-corrected chi connectivity index (χ2v) is 7.01. The van der Waals surface area contributed by atoms with Gasteiger partial charge in [0.1, 0.15) is 0 Å². The predicted molar refractivity (Wildman–Crippen MR) is 89.2 cm³/mol. The molecule has 0 amide bonds. The third kappa shape index (κ3) is 2.62. The highest BCUT2D eigenvalue weighted by molar-refractivity contribution is 9.10. The van der Waals surface area contributed by atoms with Crippen LogP contribution in [0.3, 0.4) is 0 Å². The van der Waals surface area contributed by atoms with Crippen molar-refractivity contribution < 1.29 is 4.90 Å². The highest BCUT2D eigenvalue weighted by atomic mass is 79.9. The molecule has 1 fully saturated rings. The van der Waals surface area contributed by atoms with Crippen LogP contribution in [0, 0.1) is 0 Å². The lowest BCUT2D eigenvalue weighted by atomic mass is 10.2. The zero-order chi connectivity index (χ0) is 14.1. The second-order valence-electron chi connectivity index (χ2n) is 5.18. The summed E-state index contributed by atoms with van der Waals surface area (Å²) in [6.45, 7) is 7.59. The van der Waals surface area contributed by atoms with E-state index < -0.39 is 0 Å². The van der Waals surface area contributed by atoms with Gasteiger partial charge in [0.2, 0.25) is 5.43 Å². The molecule has 0 saturated carbocycles. The Balaban J connectivity index is 1.96. The lowest BCUT2D eigenvalue weighted by Crippen LogP contribution is -3.14. The third-order valence-electron chi connectivity index (χ3n) is 4.03. The fraction of sp³-hybridized carbons (Fsp3) is 0.400. The summed E-state index contributed by atoms with van der Waals surface area (Å²) in [5.74, 6) is 0. The molecule has 3 rings (SSSR count). The van der Waals surface area contributed by atoms with Gasteiger partial charge in [0, 0.05) is 19.9 Å². The molecule has 0 unspecified atom stereocenters. The van der Waals surface area contributed by atoms with Gasteiger partial charge in [-0.1, -0.05) is 15.9 Å². The summed E-state index contributed by atoms with van der Waals surface area (Å²) < 4.78 is 2.02. The maximum Gasteiger partial charge on any atom is 0.211 e. The molecule has 0 radical (unpaired) electrons. The van der Waals surface area contributed by atoms with Crippen molar-refractivity contribution in [2.75, 3.05) is 37.6 Å². The highest BCUT2D eigenvalue weighted by Gasteiger charge is 2.21. The first-order valence-electron chi connectivity index (χ1n) is 6.98. The van der Waals surface area contributed by atoms with E-state index in [-0.39, 0.29) is 5.43 Å². The van der Waals surface area contributed by atoms with E-state index >= 15 is 0 Å². The van der Waals surface area contributed by atoms with Crippen molar-refractivity contribution >= 4 is 43.0 Å². The van der Waals surface area contributed by atoms with Crippen molar-refractivity contribution in [1.29, 1.82) is 0 Å². The molecule has 0 spiro atoms. The van der Waals surface area contributed by atoms with Gasteiger partial charge in [-0.3, -0.25) is 4.79 Å². The fourth-order valence-corrected chi connectivity index (χ4v) is 4.01. The number of halogens is 1. The Hall–Kier alpha value is -0.910. The molecule has 1 aliphatic heterocycles. The van der Waals surface area contributed by atoms with Crippen LogP contribution in [-0.4, -0.2) is 32.7 Å². The van der Waals surface area contributed by atoms with Gasteiger partial charge in [-0.25, -0.2) is 0 Å². The number of nitrogens with zero attached hydrogens (tertiary/aromatic N) is 1. The van der Waals surface area contributed by atoms with Gasteiger partial charge in [-0.2, -0.15) is 0 Å². The first kappa shape index (κ1) is 14.0. The molecular weight excluding hydrogens is 336 g/mol. The van der Waals surface area contributed by atoms with E-state index in [1.165, 1.54) is 6.54 Å². The molecule has 0 atom stereocenters. The predicted octanol–water partition coefficient (Wildman–Crippen LogP) is 1.75. The topological polar surface area (TPSA) is 24.8 Å². The molecule has 1 aliphatic rings. The fourth-order valence-electron chi connectivity index (χ4n) is 2.73. The van der Waals surface area contributed by atoms with E-state index in [1.807, 2.05) is 23.6 Å². The van der Waals surface area contributed by atoms with E-state index in [4.69, 9.17) is 0 Å². The number of piperazine rings is 1. The molecule has 1 saturated heterocycles. The normalized spacial score (nSPS) is 16.8. The van der Waals surface area contributed by atoms with Gasteiger partial charge in [-0.15, -0.1) is 11.3 Å². The van der Waals surface area contributed by atoms with Crippen LogP contribution in [0.5, 0.6) is 0 Å². The van der Waals surface area contributed by atoms with Crippen LogP contribution in [0.4, 0.5) is 5.69 Å². The number of rotatable bonds is 2. The summed E-state index contributed by atoms with van der Waals surface area (Å²) in [7, 11) is 0. The van der Waals surface area contributed by atoms with Crippen molar-refractivity contribution in [1.82, 2.24) is 0 Å². The number of benzene rings is 1. The quantitative estimate of drug-likeness (QED) is 0.889. The molecule has 20 heavy (non-hydrogen) atoms. The third-order valence-corrected chi connectivity index (χ3v) is 5.47. The Kier molecular flexibility index (Phi) is 4.10. The van der Waals surface area contributed by atoms with Gasteiger partial charge >= 0.3 is 0 Å². The number of fused-ring (bicyclic) bond motifs is 1. The van der Waals surface area contributed by atoms with Crippen LogP contribution < -0.4 is 15.2 Å². The van der Waals surface area contributed by atoms with Gasteiger partial charge in [0.05, 0.1) is 38.4 Å². The van der Waals surface area contributed by atoms with Gasteiger partial charge < -0.3 is 9.80 Å². The first-order valence-corrected chi connectivity index (χ1v) is 8.66. The van der Waals surface area contributed by atoms with Crippen LogP contribution in [-0.2, 0) is 0 Å². The maximum atomic E-state index is 12.7. The molecule has 1 aromatic carbocycles. The Morgan fingerprint density at radius 1 is 1.35 bits per heavy atom. The lowest BCUT2D eigenvalue weighted by Gasteiger charge is -2.32. The van der Waals surface area contributed by atoms with E-state index in [9.17, 15) is 4.79 Å². The van der Waals surface area contributed by atoms with Gasteiger partial charge in [0.15, 0.2) is 0 Å². The molecule has 1 aromatic heterocycles. The first-order chi connectivity index (χ1) is 9.69. The summed E-state index contributed by atoms with van der Waals surface area (Å²) in [6.07, 6.45) is 0. The zero-order valence-electron chi connectivity index (χ0n) is 11.5. The van der Waals surface area contributed by atoms with Crippen LogP contribution in [0.15, 0.2) is 32.8 Å². The molecular formula is C15H18BrN2OS+. The summed E-state index contributed by atoms with van der Waals surface area (Å²) in [6, 6.07) is 5.93. The van der Waals surface area contributed by atoms with Crippen molar-refractivity contribution in [2.24, 2.45) is 0 Å². The molecule has 1 N–H and O–H groups in total. The van der Waals surface area contributed by atoms with Crippen LogP contribution >= 0.6 is 27.3 Å². The lowest BCUT2D eigenvalue weighted by molar-refractivity contribution is -0.898. The van der Waals surface area contributed by atoms with Crippen molar-refractivity contribution in [2.45, 2.75) is 6.92 Å². The van der Waals surface area contributed by atoms with Gasteiger partial charge in [-0.05, 0) is 25.1 Å². The summed E-state index contributed by atoms with van der Waals surface area (Å²) in [5, 5.41) is 2.85. The minimum atomic E-state index is 0.167. The Labute approximate surface area is 130 Å². The summed E-state index contributed by atoms with van der Waals surface area (Å²) in [5.41, 5.74) is 1.04. The van der Waals surface area contributed by atoms with Gasteiger partial charge in [0.25, 0.3) is 0 Å². The van der Waals surface area contributed by atoms with E-state index in [0.29, 0.717) is 0 Å². The summed E-state index contributed by atoms with van der Waals surface area (Å²) in [4.78, 5) is 16.5. The zero-order valence-corrected chi connectivity index (χ0v) is 13.9. The highest BCUT2D eigenvalue weighted by Crippen LogP contribution is 2.24. The largest absolute Gasteiger partial charge is 0.356 e. The van der Waals surface area contributed by atoms with Crippen molar-refractivity contribution in [3.8, 4) is 0 Å². The monoisotopic (exact) mass is 353 g/mol. The van der Waals surface area contributed by atoms with E-state index in [2.05, 4.69) is 27.8 Å². The van der Waals surface area contributed by atoms with Crippen LogP contribution in [0.25, 0.3) is 10.1 Å². The second kappa shape index (κ2) is 5.84. The number of hydrogen-bond acceptors (Lipinski definition) is 3.